The van der Waals surface area contributed by atoms with E-state index in [1.807, 2.05) is 32.0 Å². The van der Waals surface area contributed by atoms with Crippen molar-refractivity contribution in [1.29, 1.82) is 0 Å². The first-order valence-corrected chi connectivity index (χ1v) is 6.36. The molecule has 5 heteroatoms. The van der Waals surface area contributed by atoms with Crippen LogP contribution in [0, 0.1) is 6.92 Å². The molecule has 0 heterocycles. The van der Waals surface area contributed by atoms with Gasteiger partial charge in [-0.25, -0.2) is 0 Å². The van der Waals surface area contributed by atoms with Crippen LogP contribution in [0.25, 0.3) is 0 Å². The summed E-state index contributed by atoms with van der Waals surface area (Å²) in [5, 5.41) is 2.88. The van der Waals surface area contributed by atoms with E-state index in [9.17, 15) is 4.79 Å². The van der Waals surface area contributed by atoms with Gasteiger partial charge in [0.1, 0.15) is 5.75 Å². The first kappa shape index (κ1) is 17.7. The second-order valence-electron chi connectivity index (χ2n) is 4.21. The van der Waals surface area contributed by atoms with Gasteiger partial charge in [0.15, 0.2) is 0 Å². The van der Waals surface area contributed by atoms with Gasteiger partial charge in [-0.2, -0.15) is 0 Å². The highest BCUT2D eigenvalue weighted by molar-refractivity contribution is 5.85. The number of hydrogen-bond acceptors (Lipinski definition) is 3. The number of amides is 1. The van der Waals surface area contributed by atoms with E-state index in [0.29, 0.717) is 26.1 Å². The second kappa shape index (κ2) is 9.64. The molecule has 0 aliphatic heterocycles. The smallest absolute Gasteiger partial charge is 0.220 e. The van der Waals surface area contributed by atoms with Gasteiger partial charge in [-0.3, -0.25) is 4.79 Å². The van der Waals surface area contributed by atoms with Crippen LogP contribution in [0.1, 0.15) is 30.9 Å². The van der Waals surface area contributed by atoms with Crippen molar-refractivity contribution >= 4 is 18.3 Å². The highest BCUT2D eigenvalue weighted by Crippen LogP contribution is 2.20. The largest absolute Gasteiger partial charge is 0.494 e. The molecule has 0 aromatic heterocycles. The molecular formula is C14H23ClN2O2. The average Bonchev–Trinajstić information content (AvgIpc) is 2.36. The third-order valence-corrected chi connectivity index (χ3v) is 2.61. The van der Waals surface area contributed by atoms with Gasteiger partial charge < -0.3 is 15.8 Å². The van der Waals surface area contributed by atoms with E-state index in [0.717, 1.165) is 23.3 Å². The zero-order valence-corrected chi connectivity index (χ0v) is 12.4. The Hall–Kier alpha value is -1.26. The maximum absolute atomic E-state index is 11.5. The van der Waals surface area contributed by atoms with Crippen LogP contribution in [0.4, 0.5) is 0 Å². The fourth-order valence-corrected chi connectivity index (χ4v) is 1.64. The summed E-state index contributed by atoms with van der Waals surface area (Å²) in [4.78, 5) is 11.5. The Morgan fingerprint density at radius 3 is 2.79 bits per heavy atom. The lowest BCUT2D eigenvalue weighted by Crippen LogP contribution is -2.23. The normalized spacial score (nSPS) is 9.63. The van der Waals surface area contributed by atoms with Crippen molar-refractivity contribution in [3.05, 3.63) is 29.3 Å². The summed E-state index contributed by atoms with van der Waals surface area (Å²) in [6.45, 7) is 5.64. The highest BCUT2D eigenvalue weighted by atomic mass is 35.5. The van der Waals surface area contributed by atoms with Gasteiger partial charge >= 0.3 is 0 Å². The zero-order valence-electron chi connectivity index (χ0n) is 11.6. The van der Waals surface area contributed by atoms with Crippen molar-refractivity contribution in [3.63, 3.8) is 0 Å². The molecule has 0 bridgehead atoms. The van der Waals surface area contributed by atoms with Crippen molar-refractivity contribution in [2.75, 3.05) is 13.2 Å². The topological polar surface area (TPSA) is 64.3 Å². The van der Waals surface area contributed by atoms with E-state index >= 15 is 0 Å². The quantitative estimate of drug-likeness (QED) is 0.807. The lowest BCUT2D eigenvalue weighted by Gasteiger charge is -2.12. The Morgan fingerprint density at radius 2 is 2.16 bits per heavy atom. The molecule has 1 rings (SSSR count). The summed E-state index contributed by atoms with van der Waals surface area (Å²) >= 11 is 0. The summed E-state index contributed by atoms with van der Waals surface area (Å²) in [7, 11) is 0. The van der Waals surface area contributed by atoms with Gasteiger partial charge in [0.25, 0.3) is 0 Å². The van der Waals surface area contributed by atoms with Crippen LogP contribution < -0.4 is 15.8 Å². The molecular weight excluding hydrogens is 264 g/mol. The van der Waals surface area contributed by atoms with Crippen molar-refractivity contribution in [3.8, 4) is 5.75 Å². The number of carbonyl (C=O) groups excluding carboxylic acids is 1. The molecule has 0 spiro atoms. The van der Waals surface area contributed by atoms with Gasteiger partial charge in [-0.15, -0.1) is 12.4 Å². The van der Waals surface area contributed by atoms with Crippen molar-refractivity contribution < 1.29 is 9.53 Å². The van der Waals surface area contributed by atoms with Crippen molar-refractivity contribution in [1.82, 2.24) is 5.32 Å². The third-order valence-electron chi connectivity index (χ3n) is 2.61. The van der Waals surface area contributed by atoms with Crippen LogP contribution in [0.3, 0.4) is 0 Å². The standard InChI is InChI=1S/C14H22N2O2.ClH/c1-3-18-13-9-11(2)6-7-12(13)10-16-14(17)5-4-8-15;/h6-7,9H,3-5,8,10,15H2,1-2H3,(H,16,17);1H. The molecule has 3 N–H and O–H groups in total. The molecule has 19 heavy (non-hydrogen) atoms. The Kier molecular flexibility index (Phi) is 9.00. The summed E-state index contributed by atoms with van der Waals surface area (Å²) in [6, 6.07) is 6.00. The van der Waals surface area contributed by atoms with E-state index in [1.165, 1.54) is 0 Å². The number of nitrogens with two attached hydrogens (primary N) is 1. The minimum absolute atomic E-state index is 0. The third kappa shape index (κ3) is 6.45. The molecule has 108 valence electrons. The zero-order chi connectivity index (χ0) is 13.4. The molecule has 1 amide bonds. The summed E-state index contributed by atoms with van der Waals surface area (Å²) in [6.07, 6.45) is 1.20. The van der Waals surface area contributed by atoms with E-state index in [-0.39, 0.29) is 18.3 Å². The number of carbonyl (C=O) groups is 1. The van der Waals surface area contributed by atoms with Crippen LogP contribution in [0.2, 0.25) is 0 Å². The first-order chi connectivity index (χ1) is 8.67. The maximum atomic E-state index is 11.5. The predicted octanol–water partition coefficient (Wildman–Crippen LogP) is 2.17. The molecule has 0 aliphatic rings. The average molecular weight is 287 g/mol. The van der Waals surface area contributed by atoms with Crippen molar-refractivity contribution in [2.45, 2.75) is 33.2 Å². The Balaban J connectivity index is 0.00000324. The number of nitrogens with one attached hydrogen (secondary N) is 1. The molecule has 4 nitrogen and oxygen atoms in total. The van der Waals surface area contributed by atoms with Crippen LogP contribution in [-0.2, 0) is 11.3 Å². The van der Waals surface area contributed by atoms with E-state index in [4.69, 9.17) is 10.5 Å². The first-order valence-electron chi connectivity index (χ1n) is 6.36. The van der Waals surface area contributed by atoms with Crippen LogP contribution in [-0.4, -0.2) is 19.1 Å². The molecule has 0 aliphatic carbocycles. The number of benzene rings is 1. The fourth-order valence-electron chi connectivity index (χ4n) is 1.64. The number of ether oxygens (including phenoxy) is 1. The number of halogens is 1. The molecule has 0 unspecified atom stereocenters. The highest BCUT2D eigenvalue weighted by Gasteiger charge is 2.06. The minimum Gasteiger partial charge on any atom is -0.494 e. The second-order valence-corrected chi connectivity index (χ2v) is 4.21. The number of aryl methyl sites for hydroxylation is 1. The minimum atomic E-state index is 0. The fraction of sp³-hybridized carbons (Fsp3) is 0.500. The van der Waals surface area contributed by atoms with Crippen LogP contribution >= 0.6 is 12.4 Å². The summed E-state index contributed by atoms with van der Waals surface area (Å²) < 4.78 is 5.56. The Morgan fingerprint density at radius 1 is 1.42 bits per heavy atom. The molecule has 0 atom stereocenters. The number of rotatable bonds is 7. The molecule has 0 fully saturated rings. The van der Waals surface area contributed by atoms with E-state index in [2.05, 4.69) is 5.32 Å². The lowest BCUT2D eigenvalue weighted by molar-refractivity contribution is -0.121. The van der Waals surface area contributed by atoms with E-state index < -0.39 is 0 Å². The molecule has 0 saturated carbocycles. The summed E-state index contributed by atoms with van der Waals surface area (Å²) in [5.74, 6) is 0.875. The Bertz CT molecular complexity index is 397. The molecule has 0 radical (unpaired) electrons. The van der Waals surface area contributed by atoms with Crippen LogP contribution in [0.5, 0.6) is 5.75 Å². The van der Waals surface area contributed by atoms with Gasteiger partial charge in [0.2, 0.25) is 5.91 Å². The van der Waals surface area contributed by atoms with E-state index in [1.54, 1.807) is 0 Å². The van der Waals surface area contributed by atoms with Gasteiger partial charge in [-0.05, 0) is 38.4 Å². The molecule has 1 aromatic carbocycles. The monoisotopic (exact) mass is 286 g/mol. The molecule has 1 aromatic rings. The number of hydrogen-bond donors (Lipinski definition) is 2. The molecule has 0 saturated heterocycles. The van der Waals surface area contributed by atoms with Crippen LogP contribution in [0.15, 0.2) is 18.2 Å². The van der Waals surface area contributed by atoms with Crippen molar-refractivity contribution in [2.24, 2.45) is 5.73 Å². The lowest BCUT2D eigenvalue weighted by atomic mass is 10.1. The van der Waals surface area contributed by atoms with Gasteiger partial charge in [0.05, 0.1) is 6.61 Å². The van der Waals surface area contributed by atoms with Gasteiger partial charge in [-0.1, -0.05) is 12.1 Å². The van der Waals surface area contributed by atoms with Gasteiger partial charge in [0, 0.05) is 18.5 Å². The maximum Gasteiger partial charge on any atom is 0.220 e. The Labute approximate surface area is 121 Å². The SMILES string of the molecule is CCOc1cc(C)ccc1CNC(=O)CCCN.Cl. The predicted molar refractivity (Wildman–Crippen MR) is 79.7 cm³/mol. The summed E-state index contributed by atoms with van der Waals surface area (Å²) in [5.41, 5.74) is 7.52.